The van der Waals surface area contributed by atoms with Crippen LogP contribution in [0.2, 0.25) is 0 Å². The van der Waals surface area contributed by atoms with E-state index in [2.05, 4.69) is 10.6 Å². The maximum Gasteiger partial charge on any atom is 0.408 e. The molecule has 3 aromatic rings. The van der Waals surface area contributed by atoms with Crippen LogP contribution < -0.4 is 10.6 Å². The third kappa shape index (κ3) is 12.5. The molecule has 0 radical (unpaired) electrons. The molecule has 3 rings (SSSR count). The number of ether oxygens (including phenoxy) is 1. The van der Waals surface area contributed by atoms with E-state index < -0.39 is 64.8 Å². The number of carbonyl (C=O) groups excluding carboxylic acids is 4. The Hall–Kier alpha value is -4.84. The number of rotatable bonds is 14. The second-order valence-electron chi connectivity index (χ2n) is 14.5. The molecule has 0 fully saturated rings. The van der Waals surface area contributed by atoms with Crippen molar-refractivity contribution in [1.29, 1.82) is 0 Å². The van der Waals surface area contributed by atoms with E-state index in [1.807, 2.05) is 42.5 Å². The van der Waals surface area contributed by atoms with Gasteiger partial charge >= 0.3 is 6.09 Å². The van der Waals surface area contributed by atoms with E-state index in [4.69, 9.17) is 4.74 Å². The minimum atomic E-state index is -1.20. The van der Waals surface area contributed by atoms with E-state index in [0.29, 0.717) is 0 Å². The highest BCUT2D eigenvalue weighted by atomic mass is 19.2. The Balaban J connectivity index is 1.93. The first-order valence-electron chi connectivity index (χ1n) is 16.8. The quantitative estimate of drug-likeness (QED) is 0.195. The Bertz CT molecular complexity index is 1740. The molecule has 0 saturated carbocycles. The summed E-state index contributed by atoms with van der Waals surface area (Å²) in [7, 11) is 2.91. The molecule has 51 heavy (non-hydrogen) atoms. The number of fused-ring (bicyclic) bond motifs is 1. The summed E-state index contributed by atoms with van der Waals surface area (Å²) in [5.41, 5.74) is -0.403. The van der Waals surface area contributed by atoms with Crippen LogP contribution in [0.15, 0.2) is 72.8 Å². The number of alkyl carbamates (subject to hydrolysis) is 1. The Morgan fingerprint density at radius 1 is 0.843 bits per heavy atom. The number of benzene rings is 3. The summed E-state index contributed by atoms with van der Waals surface area (Å²) < 4.78 is 33.2. The molecule has 3 aromatic carbocycles. The van der Waals surface area contributed by atoms with Crippen molar-refractivity contribution in [3.05, 3.63) is 95.6 Å². The molecule has 0 aliphatic heterocycles. The van der Waals surface area contributed by atoms with Crippen molar-refractivity contribution in [3.8, 4) is 0 Å². The molecule has 0 aliphatic rings. The summed E-state index contributed by atoms with van der Waals surface area (Å²) in [6.07, 6.45) is 1.67. The van der Waals surface area contributed by atoms with Gasteiger partial charge in [-0.3, -0.25) is 14.4 Å². The standard InChI is InChI=1S/C39H50F2N4O6/c1-25(46)24-42-35(48)32(22-27-16-18-30(40)31(41)21-27)45(8)36(49)33(23-26-15-17-28-12-9-10-13-29(28)20-26)44(7)34(47)14-11-19-39(5,6)43-37(50)51-38(2,3)4/h9-18,20-21,25,32-33,46H,19,22-24H2,1-8H3,(H,42,48)(H,43,50)/b14-11+/t25-,32+,33+/m0/s1. The van der Waals surface area contributed by atoms with Crippen LogP contribution in [0.25, 0.3) is 10.8 Å². The second-order valence-corrected chi connectivity index (χ2v) is 14.5. The van der Waals surface area contributed by atoms with E-state index >= 15 is 0 Å². The SMILES string of the molecule is C[C@H](O)CNC(=O)[C@@H](Cc1ccc(F)c(F)c1)N(C)C(=O)[C@@H](Cc1ccc2ccccc2c1)N(C)C(=O)/C=C/CC(C)(C)NC(=O)OC(C)(C)C. The number of halogens is 2. The van der Waals surface area contributed by atoms with Crippen LogP contribution in [-0.2, 0) is 32.0 Å². The number of hydrogen-bond acceptors (Lipinski definition) is 6. The van der Waals surface area contributed by atoms with Crippen molar-refractivity contribution in [2.24, 2.45) is 0 Å². The highest BCUT2D eigenvalue weighted by Gasteiger charge is 2.35. The van der Waals surface area contributed by atoms with Crippen LogP contribution in [0.3, 0.4) is 0 Å². The summed E-state index contributed by atoms with van der Waals surface area (Å²) in [6, 6.07) is 14.4. The molecule has 0 aromatic heterocycles. The largest absolute Gasteiger partial charge is 0.444 e. The first-order chi connectivity index (χ1) is 23.8. The van der Waals surface area contributed by atoms with Gasteiger partial charge in [0.2, 0.25) is 17.7 Å². The number of carbonyl (C=O) groups is 4. The van der Waals surface area contributed by atoms with Gasteiger partial charge in [-0.05, 0) is 88.1 Å². The van der Waals surface area contributed by atoms with E-state index in [9.17, 15) is 33.1 Å². The zero-order chi connectivity index (χ0) is 38.1. The van der Waals surface area contributed by atoms with Gasteiger partial charge in [0.15, 0.2) is 11.6 Å². The lowest BCUT2D eigenvalue weighted by Crippen LogP contribution is -2.56. The summed E-state index contributed by atoms with van der Waals surface area (Å²) in [5, 5.41) is 17.1. The van der Waals surface area contributed by atoms with Crippen LogP contribution in [0.1, 0.15) is 59.1 Å². The van der Waals surface area contributed by atoms with Crippen LogP contribution in [0.5, 0.6) is 0 Å². The molecule has 0 spiro atoms. The first kappa shape index (κ1) is 40.6. The molecular weight excluding hydrogens is 658 g/mol. The minimum absolute atomic E-state index is 0.0992. The van der Waals surface area contributed by atoms with Crippen LogP contribution >= 0.6 is 0 Å². The van der Waals surface area contributed by atoms with Gasteiger partial charge in [0.25, 0.3) is 0 Å². The third-order valence-electron chi connectivity index (χ3n) is 8.17. The van der Waals surface area contributed by atoms with Crippen molar-refractivity contribution in [2.45, 2.75) is 90.1 Å². The van der Waals surface area contributed by atoms with Crippen LogP contribution in [0, 0.1) is 11.6 Å². The van der Waals surface area contributed by atoms with E-state index in [0.717, 1.165) is 28.5 Å². The average Bonchev–Trinajstić information content (AvgIpc) is 3.04. The van der Waals surface area contributed by atoms with Crippen molar-refractivity contribution in [1.82, 2.24) is 20.4 Å². The maximum absolute atomic E-state index is 14.4. The molecule has 3 atom stereocenters. The smallest absolute Gasteiger partial charge is 0.408 e. The second kappa shape index (κ2) is 17.4. The Morgan fingerprint density at radius 3 is 2.08 bits per heavy atom. The zero-order valence-corrected chi connectivity index (χ0v) is 30.6. The van der Waals surface area contributed by atoms with Gasteiger partial charge in [-0.15, -0.1) is 0 Å². The maximum atomic E-state index is 14.4. The van der Waals surface area contributed by atoms with E-state index in [1.54, 1.807) is 40.7 Å². The number of aliphatic hydroxyl groups excluding tert-OH is 1. The molecule has 0 unspecified atom stereocenters. The molecule has 3 N–H and O–H groups in total. The molecule has 10 nitrogen and oxygen atoms in total. The minimum Gasteiger partial charge on any atom is -0.444 e. The van der Waals surface area contributed by atoms with Gasteiger partial charge in [0.05, 0.1) is 6.10 Å². The van der Waals surface area contributed by atoms with Gasteiger partial charge in [0.1, 0.15) is 17.7 Å². The topological polar surface area (TPSA) is 128 Å². The lowest BCUT2D eigenvalue weighted by atomic mass is 9.98. The molecular formula is C39H50F2N4O6. The van der Waals surface area contributed by atoms with Crippen LogP contribution in [0.4, 0.5) is 13.6 Å². The molecule has 0 bridgehead atoms. The van der Waals surface area contributed by atoms with Crippen molar-refractivity contribution < 1.29 is 37.8 Å². The first-order valence-corrected chi connectivity index (χ1v) is 16.8. The van der Waals surface area contributed by atoms with Crippen molar-refractivity contribution in [3.63, 3.8) is 0 Å². The molecule has 4 amide bonds. The number of hydrogen-bond donors (Lipinski definition) is 3. The highest BCUT2D eigenvalue weighted by Crippen LogP contribution is 2.21. The monoisotopic (exact) mass is 708 g/mol. The number of likely N-dealkylation sites (N-methyl/N-ethyl adjacent to an activating group) is 2. The molecule has 0 aliphatic carbocycles. The van der Waals surface area contributed by atoms with E-state index in [1.165, 1.54) is 43.0 Å². The fourth-order valence-corrected chi connectivity index (χ4v) is 5.39. The molecule has 276 valence electrons. The lowest BCUT2D eigenvalue weighted by Gasteiger charge is -2.34. The summed E-state index contributed by atoms with van der Waals surface area (Å²) in [4.78, 5) is 56.3. The van der Waals surface area contributed by atoms with Gasteiger partial charge in [-0.1, -0.05) is 54.6 Å². The Labute approximate surface area is 298 Å². The molecule has 12 heteroatoms. The highest BCUT2D eigenvalue weighted by molar-refractivity contribution is 5.95. The predicted octanol–water partition coefficient (Wildman–Crippen LogP) is 5.30. The fourth-order valence-electron chi connectivity index (χ4n) is 5.39. The van der Waals surface area contributed by atoms with E-state index in [-0.39, 0.29) is 31.4 Å². The predicted molar refractivity (Wildman–Crippen MR) is 193 cm³/mol. The summed E-state index contributed by atoms with van der Waals surface area (Å²) in [5.74, 6) is -3.83. The number of nitrogens with one attached hydrogen (secondary N) is 2. The molecule has 0 heterocycles. The van der Waals surface area contributed by atoms with Gasteiger partial charge < -0.3 is 30.3 Å². The average molecular weight is 709 g/mol. The zero-order valence-electron chi connectivity index (χ0n) is 30.6. The number of amides is 4. The Morgan fingerprint density at radius 2 is 1.45 bits per heavy atom. The summed E-state index contributed by atoms with van der Waals surface area (Å²) in [6.45, 7) is 10.2. The van der Waals surface area contributed by atoms with Gasteiger partial charge in [-0.2, -0.15) is 0 Å². The van der Waals surface area contributed by atoms with Crippen molar-refractivity contribution in [2.75, 3.05) is 20.6 Å². The molecule has 0 saturated heterocycles. The normalized spacial score (nSPS) is 13.7. The third-order valence-corrected chi connectivity index (χ3v) is 8.17. The number of nitrogens with zero attached hydrogens (tertiary/aromatic N) is 2. The fraction of sp³-hybridized carbons (Fsp3) is 0.436. The number of aliphatic hydroxyl groups is 1. The lowest BCUT2D eigenvalue weighted by molar-refractivity contribution is -0.146. The van der Waals surface area contributed by atoms with Gasteiger partial charge in [0, 0.05) is 39.0 Å². The summed E-state index contributed by atoms with van der Waals surface area (Å²) >= 11 is 0. The Kier molecular flexibility index (Phi) is 13.8. The van der Waals surface area contributed by atoms with Crippen LogP contribution in [-0.4, -0.2) is 88.7 Å². The van der Waals surface area contributed by atoms with Crippen molar-refractivity contribution >= 4 is 34.6 Å². The van der Waals surface area contributed by atoms with Gasteiger partial charge in [-0.25, -0.2) is 13.6 Å².